The lowest BCUT2D eigenvalue weighted by atomic mass is 10.1. The van der Waals surface area contributed by atoms with Crippen LogP contribution in [-0.2, 0) is 17.9 Å². The van der Waals surface area contributed by atoms with Gasteiger partial charge in [0.2, 0.25) is 0 Å². The van der Waals surface area contributed by atoms with E-state index in [0.29, 0.717) is 33.8 Å². The van der Waals surface area contributed by atoms with Crippen LogP contribution in [0.15, 0.2) is 77.9 Å². The van der Waals surface area contributed by atoms with Crippen LogP contribution >= 0.6 is 11.6 Å². The van der Waals surface area contributed by atoms with Crippen LogP contribution in [0, 0.1) is 6.92 Å². The van der Waals surface area contributed by atoms with Crippen LogP contribution in [-0.4, -0.2) is 21.4 Å². The summed E-state index contributed by atoms with van der Waals surface area (Å²) in [5.41, 5.74) is 7.04. The van der Waals surface area contributed by atoms with Gasteiger partial charge in [-0.1, -0.05) is 35.9 Å². The van der Waals surface area contributed by atoms with Crippen LogP contribution in [0.1, 0.15) is 21.5 Å². The summed E-state index contributed by atoms with van der Waals surface area (Å²) in [6, 6.07) is 19.1. The summed E-state index contributed by atoms with van der Waals surface area (Å²) >= 11 is 5.86. The number of hydrazine groups is 1. The first-order valence-electron chi connectivity index (χ1n) is 10.4. The molecule has 8 nitrogen and oxygen atoms in total. The van der Waals surface area contributed by atoms with Crippen molar-refractivity contribution in [2.45, 2.75) is 20.1 Å². The summed E-state index contributed by atoms with van der Waals surface area (Å²) in [6.45, 7) is 1.91. The summed E-state index contributed by atoms with van der Waals surface area (Å²) in [5.74, 6) is -0.361. The van der Waals surface area contributed by atoms with E-state index >= 15 is 0 Å². The van der Waals surface area contributed by atoms with Crippen LogP contribution in [0.2, 0.25) is 5.02 Å². The second-order valence-corrected chi connectivity index (χ2v) is 8.03. The second-order valence-electron chi connectivity index (χ2n) is 7.59. The Bertz CT molecular complexity index is 1400. The number of para-hydroxylation sites is 1. The fourth-order valence-electron chi connectivity index (χ4n) is 3.29. The Morgan fingerprint density at radius 1 is 1.00 bits per heavy atom. The van der Waals surface area contributed by atoms with E-state index in [1.807, 2.05) is 13.0 Å². The van der Waals surface area contributed by atoms with Crippen molar-refractivity contribution >= 4 is 34.3 Å². The number of carbonyl (C=O) groups excluding carboxylic acids is 2. The van der Waals surface area contributed by atoms with E-state index in [1.165, 1.54) is 10.9 Å². The molecule has 2 amide bonds. The van der Waals surface area contributed by atoms with Gasteiger partial charge in [0.15, 0.2) is 0 Å². The lowest BCUT2D eigenvalue weighted by Crippen LogP contribution is -2.44. The fraction of sp³-hybridized carbons (Fsp3) is 0.120. The summed E-state index contributed by atoms with van der Waals surface area (Å²) < 4.78 is 6.87. The van der Waals surface area contributed by atoms with Crippen molar-refractivity contribution in [3.63, 3.8) is 0 Å². The zero-order chi connectivity index (χ0) is 24.1. The number of hydrogen-bond donors (Lipinski definition) is 2. The van der Waals surface area contributed by atoms with Crippen molar-refractivity contribution < 1.29 is 14.3 Å². The number of halogens is 1. The van der Waals surface area contributed by atoms with Gasteiger partial charge in [0, 0.05) is 10.6 Å². The maximum atomic E-state index is 12.6. The van der Waals surface area contributed by atoms with E-state index in [1.54, 1.807) is 60.7 Å². The average Bonchev–Trinajstić information content (AvgIpc) is 2.84. The van der Waals surface area contributed by atoms with Gasteiger partial charge in [-0.2, -0.15) is 0 Å². The standard InChI is InChI=1S/C25H21ClN4O4/c1-16-3-2-4-21-23(16)27-15-30(25(21)33)13-22(31)28-29-24(32)18-7-5-17(6-8-18)14-34-20-11-9-19(26)10-12-20/h2-12,15H,13-14H2,1H3,(H,28,31)(H,29,32). The van der Waals surface area contributed by atoms with Crippen molar-refractivity contribution in [3.8, 4) is 5.75 Å². The Morgan fingerprint density at radius 2 is 1.74 bits per heavy atom. The predicted molar refractivity (Wildman–Crippen MR) is 129 cm³/mol. The summed E-state index contributed by atoms with van der Waals surface area (Å²) in [6.07, 6.45) is 1.32. The highest BCUT2D eigenvalue weighted by molar-refractivity contribution is 6.30. The fourth-order valence-corrected chi connectivity index (χ4v) is 3.42. The molecule has 3 aromatic carbocycles. The van der Waals surface area contributed by atoms with Gasteiger partial charge in [-0.15, -0.1) is 0 Å². The first-order valence-corrected chi connectivity index (χ1v) is 10.8. The van der Waals surface area contributed by atoms with Crippen molar-refractivity contribution in [1.29, 1.82) is 0 Å². The lowest BCUT2D eigenvalue weighted by molar-refractivity contribution is -0.122. The quantitative estimate of drug-likeness (QED) is 0.415. The van der Waals surface area contributed by atoms with Gasteiger partial charge in [-0.25, -0.2) is 4.98 Å². The molecule has 0 saturated heterocycles. The number of ether oxygens (including phenoxy) is 1. The number of aryl methyl sites for hydroxylation is 1. The molecule has 2 N–H and O–H groups in total. The van der Waals surface area contributed by atoms with E-state index in [-0.39, 0.29) is 12.1 Å². The third kappa shape index (κ3) is 5.41. The van der Waals surface area contributed by atoms with E-state index in [9.17, 15) is 14.4 Å². The number of amides is 2. The molecule has 1 heterocycles. The van der Waals surface area contributed by atoms with Crippen LogP contribution in [0.4, 0.5) is 0 Å². The van der Waals surface area contributed by atoms with Crippen molar-refractivity contribution in [2.75, 3.05) is 0 Å². The topological polar surface area (TPSA) is 102 Å². The molecule has 0 unspecified atom stereocenters. The Kier molecular flexibility index (Phi) is 6.89. The SMILES string of the molecule is Cc1cccc2c(=O)n(CC(=O)NNC(=O)c3ccc(COc4ccc(Cl)cc4)cc3)cnc12. The van der Waals surface area contributed by atoms with Gasteiger partial charge in [-0.3, -0.25) is 29.8 Å². The first kappa shape index (κ1) is 23.0. The van der Waals surface area contributed by atoms with Crippen molar-refractivity contribution in [1.82, 2.24) is 20.4 Å². The molecule has 9 heteroatoms. The molecule has 34 heavy (non-hydrogen) atoms. The minimum absolute atomic E-state index is 0.281. The van der Waals surface area contributed by atoms with Crippen LogP contribution in [0.5, 0.6) is 5.75 Å². The molecule has 0 fully saturated rings. The monoisotopic (exact) mass is 476 g/mol. The normalized spacial score (nSPS) is 10.6. The minimum Gasteiger partial charge on any atom is -0.489 e. The van der Waals surface area contributed by atoms with Crippen LogP contribution in [0.3, 0.4) is 0 Å². The zero-order valence-corrected chi connectivity index (χ0v) is 19.0. The van der Waals surface area contributed by atoms with Gasteiger partial charge < -0.3 is 4.74 Å². The summed E-state index contributed by atoms with van der Waals surface area (Å²) in [4.78, 5) is 41.5. The molecule has 0 aliphatic carbocycles. The largest absolute Gasteiger partial charge is 0.489 e. The number of nitrogens with zero attached hydrogens (tertiary/aromatic N) is 2. The molecule has 0 radical (unpaired) electrons. The molecule has 0 saturated carbocycles. The molecule has 0 aliphatic rings. The van der Waals surface area contributed by atoms with Crippen LogP contribution in [0.25, 0.3) is 10.9 Å². The maximum Gasteiger partial charge on any atom is 0.269 e. The van der Waals surface area contributed by atoms with E-state index in [0.717, 1.165) is 11.1 Å². The predicted octanol–water partition coefficient (Wildman–Crippen LogP) is 3.40. The second kappa shape index (κ2) is 10.2. The van der Waals surface area contributed by atoms with Crippen molar-refractivity contribution in [3.05, 3.63) is 105 Å². The number of aromatic nitrogens is 2. The Morgan fingerprint density at radius 3 is 2.47 bits per heavy atom. The molecule has 0 aliphatic heterocycles. The number of rotatable bonds is 6. The highest BCUT2D eigenvalue weighted by Gasteiger charge is 2.11. The van der Waals surface area contributed by atoms with Crippen LogP contribution < -0.4 is 21.1 Å². The first-order chi connectivity index (χ1) is 16.4. The highest BCUT2D eigenvalue weighted by Crippen LogP contribution is 2.17. The lowest BCUT2D eigenvalue weighted by Gasteiger charge is -2.10. The molecule has 4 rings (SSSR count). The molecule has 1 aromatic heterocycles. The average molecular weight is 477 g/mol. The third-order valence-electron chi connectivity index (χ3n) is 5.12. The molecule has 0 atom stereocenters. The molecular weight excluding hydrogens is 456 g/mol. The molecule has 0 bridgehead atoms. The Balaban J connectivity index is 1.30. The van der Waals surface area contributed by atoms with E-state index in [4.69, 9.17) is 16.3 Å². The molecular formula is C25H21ClN4O4. The van der Waals surface area contributed by atoms with E-state index in [2.05, 4.69) is 15.8 Å². The summed E-state index contributed by atoms with van der Waals surface area (Å²) in [7, 11) is 0. The third-order valence-corrected chi connectivity index (χ3v) is 5.37. The zero-order valence-electron chi connectivity index (χ0n) is 18.2. The number of fused-ring (bicyclic) bond motifs is 1. The van der Waals surface area contributed by atoms with E-state index < -0.39 is 11.8 Å². The minimum atomic E-state index is -0.558. The van der Waals surface area contributed by atoms with Gasteiger partial charge in [-0.05, 0) is 60.5 Å². The Hall–Kier alpha value is -4.17. The molecule has 172 valence electrons. The van der Waals surface area contributed by atoms with Gasteiger partial charge in [0.05, 0.1) is 17.2 Å². The van der Waals surface area contributed by atoms with Gasteiger partial charge in [0.1, 0.15) is 18.9 Å². The number of hydrogen-bond acceptors (Lipinski definition) is 5. The Labute approximate surface area is 200 Å². The van der Waals surface area contributed by atoms with Crippen molar-refractivity contribution in [2.24, 2.45) is 0 Å². The van der Waals surface area contributed by atoms with Gasteiger partial charge in [0.25, 0.3) is 17.4 Å². The number of nitrogens with one attached hydrogen (secondary N) is 2. The number of carbonyl (C=O) groups is 2. The maximum absolute atomic E-state index is 12.6. The smallest absolute Gasteiger partial charge is 0.269 e. The molecule has 0 spiro atoms. The summed E-state index contributed by atoms with van der Waals surface area (Å²) in [5, 5.41) is 1.06. The molecule has 4 aromatic rings. The number of benzene rings is 3. The highest BCUT2D eigenvalue weighted by atomic mass is 35.5. The van der Waals surface area contributed by atoms with Gasteiger partial charge >= 0.3 is 0 Å².